The lowest BCUT2D eigenvalue weighted by atomic mass is 9.93. The lowest BCUT2D eigenvalue weighted by Crippen LogP contribution is -2.50. The molecule has 0 bridgehead atoms. The average molecular weight is 301 g/mol. The van der Waals surface area contributed by atoms with Crippen LogP contribution in [-0.2, 0) is 14.3 Å². The van der Waals surface area contributed by atoms with Gasteiger partial charge in [-0.15, -0.1) is 11.8 Å². The van der Waals surface area contributed by atoms with E-state index < -0.39 is 11.5 Å². The third-order valence-electron chi connectivity index (χ3n) is 3.50. The van der Waals surface area contributed by atoms with Gasteiger partial charge in [0.05, 0.1) is 12.5 Å². The largest absolute Gasteiger partial charge is 0.467 e. The Labute approximate surface area is 126 Å². The zero-order valence-electron chi connectivity index (χ0n) is 13.3. The Bertz CT molecular complexity index is 352. The fraction of sp³-hybridized carbons (Fsp3) is 0.867. The van der Waals surface area contributed by atoms with Crippen LogP contribution in [0, 0.1) is 5.41 Å². The van der Waals surface area contributed by atoms with Gasteiger partial charge < -0.3 is 9.64 Å². The number of rotatable bonds is 5. The van der Waals surface area contributed by atoms with Crippen LogP contribution < -0.4 is 0 Å². The molecule has 0 saturated carbocycles. The van der Waals surface area contributed by atoms with Gasteiger partial charge in [-0.1, -0.05) is 47.0 Å². The van der Waals surface area contributed by atoms with E-state index in [0.29, 0.717) is 5.75 Å². The van der Waals surface area contributed by atoms with Crippen molar-refractivity contribution in [1.29, 1.82) is 0 Å². The van der Waals surface area contributed by atoms with Crippen LogP contribution in [0.2, 0.25) is 0 Å². The lowest BCUT2D eigenvalue weighted by molar-refractivity contribution is -0.155. The Morgan fingerprint density at radius 1 is 1.30 bits per heavy atom. The van der Waals surface area contributed by atoms with E-state index in [9.17, 15) is 9.59 Å². The summed E-state index contributed by atoms with van der Waals surface area (Å²) in [6, 6.07) is -0.427. The van der Waals surface area contributed by atoms with Crippen LogP contribution in [0.4, 0.5) is 0 Å². The Kier molecular flexibility index (Phi) is 6.37. The molecule has 1 amide bonds. The Hall–Kier alpha value is -0.710. The number of methoxy groups -OCH3 is 1. The van der Waals surface area contributed by atoms with Crippen LogP contribution >= 0.6 is 11.8 Å². The summed E-state index contributed by atoms with van der Waals surface area (Å²) in [6.45, 7) is 7.86. The zero-order valence-corrected chi connectivity index (χ0v) is 14.1. The molecule has 116 valence electrons. The third-order valence-corrected chi connectivity index (χ3v) is 4.85. The predicted molar refractivity (Wildman–Crippen MR) is 82.5 cm³/mol. The third kappa shape index (κ3) is 4.14. The van der Waals surface area contributed by atoms with Crippen molar-refractivity contribution in [3.63, 3.8) is 0 Å². The van der Waals surface area contributed by atoms with Crippen LogP contribution in [0.1, 0.15) is 53.4 Å². The van der Waals surface area contributed by atoms with Crippen molar-refractivity contribution in [2.75, 3.05) is 12.9 Å². The summed E-state index contributed by atoms with van der Waals surface area (Å²) in [5, 5.41) is 0.109. The summed E-state index contributed by atoms with van der Waals surface area (Å²) in [4.78, 5) is 26.3. The number of ether oxygens (including phenoxy) is 1. The molecule has 0 aromatic rings. The van der Waals surface area contributed by atoms with Crippen LogP contribution in [0.3, 0.4) is 0 Å². The number of hydrogen-bond donors (Lipinski definition) is 0. The number of hydrogen-bond acceptors (Lipinski definition) is 4. The number of amides is 1. The second kappa shape index (κ2) is 7.34. The maximum atomic E-state index is 12.6. The fourth-order valence-electron chi connectivity index (χ4n) is 2.33. The summed E-state index contributed by atoms with van der Waals surface area (Å²) in [6.07, 6.45) is 4.37. The minimum Gasteiger partial charge on any atom is -0.467 e. The summed E-state index contributed by atoms with van der Waals surface area (Å²) in [7, 11) is 1.39. The van der Waals surface area contributed by atoms with E-state index in [2.05, 4.69) is 6.92 Å². The normalized spacial score (nSPS) is 22.9. The summed E-state index contributed by atoms with van der Waals surface area (Å²) in [5.74, 6) is 0.387. The Morgan fingerprint density at radius 2 is 1.95 bits per heavy atom. The molecule has 5 heteroatoms. The number of carbonyl (C=O) groups is 2. The van der Waals surface area contributed by atoms with Crippen molar-refractivity contribution in [2.45, 2.75) is 64.8 Å². The lowest BCUT2D eigenvalue weighted by Gasteiger charge is -2.33. The molecule has 0 aromatic heterocycles. The number of carbonyl (C=O) groups excluding carboxylic acids is 2. The SMILES string of the molecule is CCCCCC1SCC(C(=O)OC)N1C(=O)C(C)(C)C. The van der Waals surface area contributed by atoms with Crippen LogP contribution in [-0.4, -0.2) is 41.1 Å². The van der Waals surface area contributed by atoms with Crippen molar-refractivity contribution in [1.82, 2.24) is 4.90 Å². The first-order chi connectivity index (χ1) is 9.32. The fourth-order valence-corrected chi connectivity index (χ4v) is 3.77. The van der Waals surface area contributed by atoms with Gasteiger partial charge in [-0.2, -0.15) is 0 Å². The van der Waals surface area contributed by atoms with Crippen LogP contribution in [0.5, 0.6) is 0 Å². The molecule has 0 N–H and O–H groups in total. The molecule has 2 atom stereocenters. The van der Waals surface area contributed by atoms with E-state index in [0.717, 1.165) is 25.7 Å². The number of esters is 1. The van der Waals surface area contributed by atoms with Crippen molar-refractivity contribution in [3.05, 3.63) is 0 Å². The van der Waals surface area contributed by atoms with Gasteiger partial charge >= 0.3 is 5.97 Å². The number of nitrogens with zero attached hydrogens (tertiary/aromatic N) is 1. The van der Waals surface area contributed by atoms with Crippen molar-refractivity contribution >= 4 is 23.6 Å². The first kappa shape index (κ1) is 17.3. The van der Waals surface area contributed by atoms with Gasteiger partial charge in [-0.3, -0.25) is 4.79 Å². The van der Waals surface area contributed by atoms with Gasteiger partial charge in [-0.05, 0) is 6.42 Å². The molecule has 0 aliphatic carbocycles. The van der Waals surface area contributed by atoms with E-state index in [1.807, 2.05) is 20.8 Å². The van der Waals surface area contributed by atoms with Crippen molar-refractivity contribution in [3.8, 4) is 0 Å². The second-order valence-electron chi connectivity index (χ2n) is 6.29. The highest BCUT2D eigenvalue weighted by Gasteiger charge is 2.44. The van der Waals surface area contributed by atoms with Gasteiger partial charge in [0.15, 0.2) is 0 Å². The number of unbranched alkanes of at least 4 members (excludes halogenated alkanes) is 2. The van der Waals surface area contributed by atoms with E-state index in [-0.39, 0.29) is 17.3 Å². The molecule has 1 heterocycles. The van der Waals surface area contributed by atoms with Gasteiger partial charge in [-0.25, -0.2) is 4.79 Å². The summed E-state index contributed by atoms with van der Waals surface area (Å²) >= 11 is 1.70. The van der Waals surface area contributed by atoms with Crippen LogP contribution in [0.15, 0.2) is 0 Å². The summed E-state index contributed by atoms with van der Waals surface area (Å²) in [5.41, 5.74) is -0.472. The Balaban J connectivity index is 2.85. The van der Waals surface area contributed by atoms with Gasteiger partial charge in [0.25, 0.3) is 0 Å². The molecule has 1 aliphatic rings. The highest BCUT2D eigenvalue weighted by molar-refractivity contribution is 8.00. The van der Waals surface area contributed by atoms with E-state index in [1.165, 1.54) is 7.11 Å². The maximum absolute atomic E-state index is 12.6. The predicted octanol–water partition coefficient (Wildman–Crippen LogP) is 3.06. The molecular weight excluding hydrogens is 274 g/mol. The van der Waals surface area contributed by atoms with E-state index in [4.69, 9.17) is 4.74 Å². The highest BCUT2D eigenvalue weighted by atomic mass is 32.2. The molecule has 1 saturated heterocycles. The van der Waals surface area contributed by atoms with Gasteiger partial charge in [0.2, 0.25) is 5.91 Å². The first-order valence-electron chi connectivity index (χ1n) is 7.35. The molecule has 0 radical (unpaired) electrons. The van der Waals surface area contributed by atoms with Gasteiger partial charge in [0, 0.05) is 11.2 Å². The Morgan fingerprint density at radius 3 is 2.45 bits per heavy atom. The van der Waals surface area contributed by atoms with E-state index in [1.54, 1.807) is 16.7 Å². The molecule has 1 rings (SSSR count). The standard InChI is InChI=1S/C15H27NO3S/c1-6-7-8-9-12-16(14(18)15(2,3)4)11(10-20-12)13(17)19-5/h11-12H,6-10H2,1-5H3. The molecular formula is C15H27NO3S. The zero-order chi connectivity index (χ0) is 15.3. The minimum absolute atomic E-state index is 0.0411. The molecule has 4 nitrogen and oxygen atoms in total. The quantitative estimate of drug-likeness (QED) is 0.578. The molecule has 20 heavy (non-hydrogen) atoms. The first-order valence-corrected chi connectivity index (χ1v) is 8.40. The van der Waals surface area contributed by atoms with E-state index >= 15 is 0 Å². The summed E-state index contributed by atoms with van der Waals surface area (Å²) < 4.78 is 4.86. The molecule has 1 aliphatic heterocycles. The monoisotopic (exact) mass is 301 g/mol. The maximum Gasteiger partial charge on any atom is 0.329 e. The van der Waals surface area contributed by atoms with Crippen LogP contribution in [0.25, 0.3) is 0 Å². The highest BCUT2D eigenvalue weighted by Crippen LogP contribution is 2.36. The minimum atomic E-state index is -0.472. The second-order valence-corrected chi connectivity index (χ2v) is 7.50. The molecule has 2 unspecified atom stereocenters. The van der Waals surface area contributed by atoms with Gasteiger partial charge in [0.1, 0.15) is 6.04 Å². The van der Waals surface area contributed by atoms with Crippen molar-refractivity contribution < 1.29 is 14.3 Å². The number of thioether (sulfide) groups is 1. The van der Waals surface area contributed by atoms with Crippen molar-refractivity contribution in [2.24, 2.45) is 5.41 Å². The molecule has 1 fully saturated rings. The average Bonchev–Trinajstić information content (AvgIpc) is 2.79. The molecule has 0 aromatic carbocycles. The topological polar surface area (TPSA) is 46.6 Å². The molecule has 0 spiro atoms. The smallest absolute Gasteiger partial charge is 0.329 e.